The van der Waals surface area contributed by atoms with Crippen molar-refractivity contribution in [2.45, 2.75) is 13.8 Å². The van der Waals surface area contributed by atoms with Gasteiger partial charge in [0.25, 0.3) is 5.91 Å². The van der Waals surface area contributed by atoms with Gasteiger partial charge in [-0.05, 0) is 54.8 Å². The lowest BCUT2D eigenvalue weighted by Crippen LogP contribution is -2.17. The normalized spacial score (nSPS) is 10.7. The maximum Gasteiger partial charge on any atom is 0.271 e. The van der Waals surface area contributed by atoms with Crippen molar-refractivity contribution >= 4 is 12.1 Å². The molecule has 2 aromatic carbocycles. The average Bonchev–Trinajstić information content (AvgIpc) is 2.45. The van der Waals surface area contributed by atoms with E-state index >= 15 is 0 Å². The molecule has 0 bridgehead atoms. The first-order chi connectivity index (χ1) is 9.58. The zero-order valence-corrected chi connectivity index (χ0v) is 11.4. The van der Waals surface area contributed by atoms with Crippen LogP contribution in [0.3, 0.4) is 0 Å². The summed E-state index contributed by atoms with van der Waals surface area (Å²) in [6.45, 7) is 3.64. The first-order valence-electron chi connectivity index (χ1n) is 6.26. The number of carbonyl (C=O) groups excluding carboxylic acids is 1. The number of aromatic hydroxyl groups is 1. The van der Waals surface area contributed by atoms with E-state index in [0.717, 1.165) is 16.7 Å². The van der Waals surface area contributed by atoms with Crippen LogP contribution >= 0.6 is 0 Å². The van der Waals surface area contributed by atoms with E-state index in [1.165, 1.54) is 0 Å². The van der Waals surface area contributed by atoms with Crippen LogP contribution in [-0.2, 0) is 0 Å². The Morgan fingerprint density at radius 1 is 1.15 bits per heavy atom. The number of aryl methyl sites for hydroxylation is 2. The van der Waals surface area contributed by atoms with Gasteiger partial charge in [0, 0.05) is 5.56 Å². The van der Waals surface area contributed by atoms with Crippen LogP contribution in [-0.4, -0.2) is 17.2 Å². The summed E-state index contributed by atoms with van der Waals surface area (Å²) in [5.41, 5.74) is 5.41. The Hall–Kier alpha value is -2.62. The van der Waals surface area contributed by atoms with E-state index < -0.39 is 0 Å². The fourth-order valence-corrected chi connectivity index (χ4v) is 1.88. The SMILES string of the molecule is Cc1cc(C=NNC(=O)c2ccccc2)cc(C)c1O. The second kappa shape index (κ2) is 6.02. The Bertz CT molecular complexity index is 626. The molecule has 0 aliphatic heterocycles. The topological polar surface area (TPSA) is 61.7 Å². The van der Waals surface area contributed by atoms with Gasteiger partial charge in [-0.1, -0.05) is 18.2 Å². The molecule has 1 amide bonds. The van der Waals surface area contributed by atoms with Crippen LogP contribution in [0.1, 0.15) is 27.0 Å². The molecule has 2 aromatic rings. The summed E-state index contributed by atoms with van der Waals surface area (Å²) in [6.07, 6.45) is 1.56. The van der Waals surface area contributed by atoms with Gasteiger partial charge in [-0.25, -0.2) is 5.43 Å². The summed E-state index contributed by atoms with van der Waals surface area (Å²) in [7, 11) is 0. The minimum Gasteiger partial charge on any atom is -0.507 e. The molecular formula is C16H16N2O2. The summed E-state index contributed by atoms with van der Waals surface area (Å²) in [5.74, 6) is 0.0320. The van der Waals surface area contributed by atoms with Gasteiger partial charge in [0.05, 0.1) is 6.21 Å². The molecule has 0 fully saturated rings. The molecule has 2 rings (SSSR count). The van der Waals surface area contributed by atoms with Crippen molar-refractivity contribution in [2.24, 2.45) is 5.10 Å². The lowest BCUT2D eigenvalue weighted by atomic mass is 10.1. The number of phenols is 1. The van der Waals surface area contributed by atoms with Crippen LogP contribution in [0.15, 0.2) is 47.6 Å². The van der Waals surface area contributed by atoms with Crippen LogP contribution in [0, 0.1) is 13.8 Å². The van der Waals surface area contributed by atoms with Crippen LogP contribution in [0.2, 0.25) is 0 Å². The van der Waals surface area contributed by atoms with Crippen molar-refractivity contribution in [1.82, 2.24) is 5.43 Å². The third kappa shape index (κ3) is 3.23. The smallest absolute Gasteiger partial charge is 0.271 e. The molecule has 0 aliphatic carbocycles. The highest BCUT2D eigenvalue weighted by Gasteiger charge is 2.03. The molecule has 0 heterocycles. The van der Waals surface area contributed by atoms with E-state index in [-0.39, 0.29) is 11.7 Å². The third-order valence-electron chi connectivity index (χ3n) is 2.93. The summed E-state index contributed by atoms with van der Waals surface area (Å²) in [5, 5.41) is 13.6. The van der Waals surface area contributed by atoms with Gasteiger partial charge in [-0.2, -0.15) is 5.10 Å². The van der Waals surface area contributed by atoms with Crippen molar-refractivity contribution in [3.05, 3.63) is 64.7 Å². The second-order valence-corrected chi connectivity index (χ2v) is 4.57. The Morgan fingerprint density at radius 2 is 1.75 bits per heavy atom. The predicted molar refractivity (Wildman–Crippen MR) is 79.1 cm³/mol. The Balaban J connectivity index is 2.06. The fraction of sp³-hybridized carbons (Fsp3) is 0.125. The lowest BCUT2D eigenvalue weighted by molar-refractivity contribution is 0.0955. The number of benzene rings is 2. The zero-order chi connectivity index (χ0) is 14.5. The van der Waals surface area contributed by atoms with Gasteiger partial charge in [-0.15, -0.1) is 0 Å². The number of hydrogen-bond acceptors (Lipinski definition) is 3. The molecule has 0 spiro atoms. The highest BCUT2D eigenvalue weighted by molar-refractivity contribution is 5.94. The van der Waals surface area contributed by atoms with Crippen molar-refractivity contribution in [1.29, 1.82) is 0 Å². The quantitative estimate of drug-likeness (QED) is 0.664. The summed E-state index contributed by atoms with van der Waals surface area (Å²) >= 11 is 0. The first kappa shape index (κ1) is 13.8. The number of phenolic OH excluding ortho intramolecular Hbond substituents is 1. The molecule has 4 nitrogen and oxygen atoms in total. The Kier molecular flexibility index (Phi) is 4.15. The number of nitrogens with one attached hydrogen (secondary N) is 1. The van der Waals surface area contributed by atoms with E-state index in [2.05, 4.69) is 10.5 Å². The molecule has 20 heavy (non-hydrogen) atoms. The number of hydrazone groups is 1. The first-order valence-corrected chi connectivity index (χ1v) is 6.26. The third-order valence-corrected chi connectivity index (χ3v) is 2.93. The fourth-order valence-electron chi connectivity index (χ4n) is 1.88. The maximum absolute atomic E-state index is 11.8. The van der Waals surface area contributed by atoms with Gasteiger partial charge < -0.3 is 5.11 Å². The van der Waals surface area contributed by atoms with Gasteiger partial charge in [0.2, 0.25) is 0 Å². The summed E-state index contributed by atoms with van der Waals surface area (Å²) in [6, 6.07) is 12.5. The molecule has 0 atom stereocenters. The standard InChI is InChI=1S/C16H16N2O2/c1-11-8-13(9-12(2)15(11)19)10-17-18-16(20)14-6-4-3-5-7-14/h3-10,19H,1-2H3,(H,18,20). The minimum absolute atomic E-state index is 0.255. The number of hydrogen-bond donors (Lipinski definition) is 2. The Labute approximate surface area is 117 Å². The van der Waals surface area contributed by atoms with Crippen LogP contribution in [0.4, 0.5) is 0 Å². The van der Waals surface area contributed by atoms with E-state index in [1.54, 1.807) is 42.6 Å². The summed E-state index contributed by atoms with van der Waals surface area (Å²) < 4.78 is 0. The van der Waals surface area contributed by atoms with E-state index in [1.807, 2.05) is 19.9 Å². The monoisotopic (exact) mass is 268 g/mol. The number of nitrogens with zero attached hydrogens (tertiary/aromatic N) is 1. The Morgan fingerprint density at radius 3 is 2.35 bits per heavy atom. The molecular weight excluding hydrogens is 252 g/mol. The predicted octanol–water partition coefficient (Wildman–Crippen LogP) is 2.77. The van der Waals surface area contributed by atoms with E-state index in [9.17, 15) is 9.90 Å². The van der Waals surface area contributed by atoms with Crippen molar-refractivity contribution in [3.8, 4) is 5.75 Å². The van der Waals surface area contributed by atoms with Crippen LogP contribution < -0.4 is 5.43 Å². The maximum atomic E-state index is 11.8. The molecule has 2 N–H and O–H groups in total. The average molecular weight is 268 g/mol. The summed E-state index contributed by atoms with van der Waals surface area (Å²) in [4.78, 5) is 11.8. The molecule has 0 saturated carbocycles. The molecule has 0 aliphatic rings. The lowest BCUT2D eigenvalue weighted by Gasteiger charge is -2.04. The van der Waals surface area contributed by atoms with E-state index in [4.69, 9.17) is 0 Å². The van der Waals surface area contributed by atoms with Crippen molar-refractivity contribution in [3.63, 3.8) is 0 Å². The van der Waals surface area contributed by atoms with Crippen LogP contribution in [0.5, 0.6) is 5.75 Å². The van der Waals surface area contributed by atoms with Crippen LogP contribution in [0.25, 0.3) is 0 Å². The molecule has 0 radical (unpaired) electrons. The van der Waals surface area contributed by atoms with Gasteiger partial charge in [0.1, 0.15) is 5.75 Å². The minimum atomic E-state index is -0.255. The molecule has 0 saturated heterocycles. The number of carbonyl (C=O) groups is 1. The van der Waals surface area contributed by atoms with Crippen molar-refractivity contribution in [2.75, 3.05) is 0 Å². The number of amides is 1. The molecule has 0 unspecified atom stereocenters. The molecule has 102 valence electrons. The largest absolute Gasteiger partial charge is 0.507 e. The number of rotatable bonds is 3. The van der Waals surface area contributed by atoms with Gasteiger partial charge in [-0.3, -0.25) is 4.79 Å². The zero-order valence-electron chi connectivity index (χ0n) is 11.4. The highest BCUT2D eigenvalue weighted by Crippen LogP contribution is 2.21. The second-order valence-electron chi connectivity index (χ2n) is 4.57. The van der Waals surface area contributed by atoms with Gasteiger partial charge in [0.15, 0.2) is 0 Å². The van der Waals surface area contributed by atoms with Gasteiger partial charge >= 0.3 is 0 Å². The van der Waals surface area contributed by atoms with Crippen molar-refractivity contribution < 1.29 is 9.90 Å². The van der Waals surface area contributed by atoms with E-state index in [0.29, 0.717) is 5.56 Å². The highest BCUT2D eigenvalue weighted by atomic mass is 16.3. The molecule has 0 aromatic heterocycles. The molecule has 4 heteroatoms.